The Bertz CT molecular complexity index is 109. The summed E-state index contributed by atoms with van der Waals surface area (Å²) in [5.74, 6) is 0. The van der Waals surface area contributed by atoms with Crippen LogP contribution in [0.3, 0.4) is 0 Å². The van der Waals surface area contributed by atoms with Gasteiger partial charge in [0.2, 0.25) is 0 Å². The molecule has 0 radical (unpaired) electrons. The number of rotatable bonds is 0. The molecule has 1 aliphatic rings. The summed E-state index contributed by atoms with van der Waals surface area (Å²) in [6.07, 6.45) is 4.00. The second-order valence-corrected chi connectivity index (χ2v) is 2.24. The van der Waals surface area contributed by atoms with E-state index in [0.29, 0.717) is 0 Å². The van der Waals surface area contributed by atoms with E-state index in [2.05, 4.69) is 0 Å². The molecule has 0 aromatic heterocycles. The van der Waals surface area contributed by atoms with Crippen LogP contribution in [0.5, 0.6) is 0 Å². The first-order valence-corrected chi connectivity index (χ1v) is 2.92. The summed E-state index contributed by atoms with van der Waals surface area (Å²) in [6, 6.07) is 0. The lowest BCUT2D eigenvalue weighted by Gasteiger charge is -2.17. The molecule has 0 aromatic carbocycles. The molecule has 8 heavy (non-hydrogen) atoms. The van der Waals surface area contributed by atoms with E-state index in [9.17, 15) is 0 Å². The molecule has 0 saturated carbocycles. The molecule has 0 atom stereocenters. The summed E-state index contributed by atoms with van der Waals surface area (Å²) in [7, 11) is 0. The summed E-state index contributed by atoms with van der Waals surface area (Å²) in [5.41, 5.74) is 1.26. The molecule has 0 saturated heterocycles. The topological polar surface area (TPSA) is 23.5 Å². The lowest BCUT2D eigenvalue weighted by molar-refractivity contribution is -0.0467. The Balaban J connectivity index is 2.50. The molecule has 2 heteroatoms. The molecule has 0 bridgehead atoms. The summed E-state index contributed by atoms with van der Waals surface area (Å²) >= 11 is 0. The molecule has 1 heterocycles. The van der Waals surface area contributed by atoms with Crippen LogP contribution in [-0.2, 0) is 0 Å². The Morgan fingerprint density at radius 2 is 2.50 bits per heavy atom. The van der Waals surface area contributed by atoms with Gasteiger partial charge < -0.3 is 0 Å². The molecule has 0 aliphatic carbocycles. The van der Waals surface area contributed by atoms with Crippen molar-refractivity contribution in [2.24, 2.45) is 0 Å². The minimum absolute atomic E-state index is 0.789. The van der Waals surface area contributed by atoms with Gasteiger partial charge in [-0.1, -0.05) is 5.57 Å². The lowest BCUT2D eigenvalue weighted by Crippen LogP contribution is -2.17. The summed E-state index contributed by atoms with van der Waals surface area (Å²) in [4.78, 5) is 0. The van der Waals surface area contributed by atoms with E-state index in [1.54, 1.807) is 6.20 Å². The van der Waals surface area contributed by atoms with Crippen LogP contribution in [0.25, 0.3) is 0 Å². The van der Waals surface area contributed by atoms with Crippen molar-refractivity contribution in [2.75, 3.05) is 6.54 Å². The average Bonchev–Trinajstić information content (AvgIpc) is 1.64. The molecule has 1 rings (SSSR count). The number of allylic oxidation sites excluding steroid dienone is 1. The Morgan fingerprint density at radius 1 is 1.75 bits per heavy atom. The Morgan fingerprint density at radius 3 is 2.88 bits per heavy atom. The Labute approximate surface area is 49.4 Å². The second-order valence-electron chi connectivity index (χ2n) is 2.24. The van der Waals surface area contributed by atoms with Crippen molar-refractivity contribution in [1.82, 2.24) is 5.06 Å². The van der Waals surface area contributed by atoms with Crippen LogP contribution in [-0.4, -0.2) is 16.8 Å². The number of nitrogens with zero attached hydrogens (tertiary/aromatic N) is 1. The third-order valence-electron chi connectivity index (χ3n) is 1.33. The zero-order chi connectivity index (χ0) is 5.98. The largest absolute Gasteiger partial charge is 0.289 e. The van der Waals surface area contributed by atoms with E-state index < -0.39 is 0 Å². The van der Waals surface area contributed by atoms with E-state index >= 15 is 0 Å². The van der Waals surface area contributed by atoms with Crippen LogP contribution in [0.15, 0.2) is 11.8 Å². The predicted molar refractivity (Wildman–Crippen MR) is 31.5 cm³/mol. The van der Waals surface area contributed by atoms with E-state index in [1.165, 1.54) is 10.6 Å². The van der Waals surface area contributed by atoms with Gasteiger partial charge in [-0.3, -0.25) is 10.3 Å². The van der Waals surface area contributed by atoms with E-state index in [1.807, 2.05) is 6.92 Å². The van der Waals surface area contributed by atoms with Crippen LogP contribution in [0.4, 0.5) is 0 Å². The van der Waals surface area contributed by atoms with Gasteiger partial charge >= 0.3 is 0 Å². The standard InChI is InChI=1S/C6H11NO/c1-6-3-2-4-7(8)5-6/h5,8H,2-4H2,1H3. The number of hydrogen-bond acceptors (Lipinski definition) is 2. The highest BCUT2D eigenvalue weighted by Gasteiger charge is 2.02. The number of hydroxylamine groups is 2. The second kappa shape index (κ2) is 2.18. The van der Waals surface area contributed by atoms with E-state index in [4.69, 9.17) is 5.21 Å². The minimum Gasteiger partial charge on any atom is -0.289 e. The van der Waals surface area contributed by atoms with Gasteiger partial charge in [-0.2, -0.15) is 0 Å². The quantitative estimate of drug-likeness (QED) is 0.513. The van der Waals surface area contributed by atoms with Crippen LogP contribution in [0.1, 0.15) is 19.8 Å². The van der Waals surface area contributed by atoms with Crippen molar-refractivity contribution >= 4 is 0 Å². The summed E-state index contributed by atoms with van der Waals surface area (Å²) in [6.45, 7) is 2.82. The normalized spacial score (nSPS) is 20.8. The van der Waals surface area contributed by atoms with Crippen LogP contribution in [0.2, 0.25) is 0 Å². The third kappa shape index (κ3) is 1.23. The zero-order valence-corrected chi connectivity index (χ0v) is 5.09. The van der Waals surface area contributed by atoms with Gasteiger partial charge in [0.05, 0.1) is 0 Å². The summed E-state index contributed by atoms with van der Waals surface area (Å²) in [5, 5.41) is 10.1. The van der Waals surface area contributed by atoms with Gasteiger partial charge in [0, 0.05) is 12.7 Å². The fourth-order valence-corrected chi connectivity index (χ4v) is 0.903. The van der Waals surface area contributed by atoms with Crippen molar-refractivity contribution in [3.8, 4) is 0 Å². The minimum atomic E-state index is 0.789. The zero-order valence-electron chi connectivity index (χ0n) is 5.09. The summed E-state index contributed by atoms with van der Waals surface area (Å²) < 4.78 is 0. The van der Waals surface area contributed by atoms with Crippen LogP contribution >= 0.6 is 0 Å². The first-order valence-electron chi connectivity index (χ1n) is 2.92. The van der Waals surface area contributed by atoms with Gasteiger partial charge in [-0.15, -0.1) is 0 Å². The van der Waals surface area contributed by atoms with E-state index in [0.717, 1.165) is 19.4 Å². The highest BCUT2D eigenvalue weighted by molar-refractivity contribution is 4.98. The third-order valence-corrected chi connectivity index (χ3v) is 1.33. The highest BCUT2D eigenvalue weighted by atomic mass is 16.5. The highest BCUT2D eigenvalue weighted by Crippen LogP contribution is 2.10. The maximum atomic E-state index is 8.84. The SMILES string of the molecule is CC1=CN(O)CCC1. The molecule has 46 valence electrons. The van der Waals surface area contributed by atoms with Gasteiger partial charge in [-0.25, -0.2) is 0 Å². The maximum absolute atomic E-state index is 8.84. The Hall–Kier alpha value is -0.500. The molecular weight excluding hydrogens is 102 g/mol. The van der Waals surface area contributed by atoms with Crippen LogP contribution < -0.4 is 0 Å². The first-order chi connectivity index (χ1) is 3.79. The molecule has 0 unspecified atom stereocenters. The lowest BCUT2D eigenvalue weighted by atomic mass is 10.1. The van der Waals surface area contributed by atoms with E-state index in [-0.39, 0.29) is 0 Å². The molecule has 0 fully saturated rings. The molecule has 2 nitrogen and oxygen atoms in total. The van der Waals surface area contributed by atoms with Gasteiger partial charge in [0.15, 0.2) is 0 Å². The molecule has 0 aromatic rings. The molecular formula is C6H11NO. The van der Waals surface area contributed by atoms with Crippen molar-refractivity contribution < 1.29 is 5.21 Å². The van der Waals surface area contributed by atoms with Gasteiger partial charge in [0.25, 0.3) is 0 Å². The predicted octanol–water partition coefficient (Wildman–Crippen LogP) is 1.38. The van der Waals surface area contributed by atoms with Crippen LogP contribution in [0, 0.1) is 0 Å². The fourth-order valence-electron chi connectivity index (χ4n) is 0.903. The first kappa shape index (κ1) is 5.63. The van der Waals surface area contributed by atoms with Crippen molar-refractivity contribution in [2.45, 2.75) is 19.8 Å². The molecule has 1 aliphatic heterocycles. The van der Waals surface area contributed by atoms with Gasteiger partial charge in [0.1, 0.15) is 0 Å². The molecule has 0 spiro atoms. The number of hydrogen-bond donors (Lipinski definition) is 1. The molecule has 1 N–H and O–H groups in total. The van der Waals surface area contributed by atoms with Gasteiger partial charge in [-0.05, 0) is 19.8 Å². The van der Waals surface area contributed by atoms with Crippen molar-refractivity contribution in [1.29, 1.82) is 0 Å². The monoisotopic (exact) mass is 113 g/mol. The molecule has 0 amide bonds. The van der Waals surface area contributed by atoms with Crippen molar-refractivity contribution in [3.05, 3.63) is 11.8 Å². The Kier molecular flexibility index (Phi) is 1.53. The smallest absolute Gasteiger partial charge is 0.0449 e. The van der Waals surface area contributed by atoms with Crippen molar-refractivity contribution in [3.63, 3.8) is 0 Å². The fraction of sp³-hybridized carbons (Fsp3) is 0.667. The average molecular weight is 113 g/mol. The maximum Gasteiger partial charge on any atom is 0.0449 e.